The van der Waals surface area contributed by atoms with Gasteiger partial charge in [0.2, 0.25) is 15.9 Å². The molecule has 166 valence electrons. The number of oxazole rings is 1. The number of hydrogen-bond donors (Lipinski definition) is 1. The molecule has 1 N–H and O–H groups in total. The van der Waals surface area contributed by atoms with Crippen molar-refractivity contribution in [3.8, 4) is 0 Å². The Morgan fingerprint density at radius 2 is 1.68 bits per heavy atom. The van der Waals surface area contributed by atoms with Gasteiger partial charge in [0.15, 0.2) is 5.58 Å². The van der Waals surface area contributed by atoms with Crippen LogP contribution in [0.4, 0.5) is 0 Å². The Morgan fingerprint density at radius 3 is 2.29 bits per heavy atom. The average Bonchev–Trinajstić information content (AvgIpc) is 3.09. The highest BCUT2D eigenvalue weighted by Gasteiger charge is 2.24. The highest BCUT2D eigenvalue weighted by molar-refractivity contribution is 7.89. The lowest BCUT2D eigenvalue weighted by Crippen LogP contribution is -2.35. The van der Waals surface area contributed by atoms with Crippen molar-refractivity contribution in [3.05, 3.63) is 64.6 Å². The first-order chi connectivity index (χ1) is 14.7. The van der Waals surface area contributed by atoms with E-state index in [1.165, 1.54) is 8.87 Å². The normalized spacial score (nSPS) is 14.0. The molecule has 0 aliphatic rings. The van der Waals surface area contributed by atoms with E-state index in [4.69, 9.17) is 4.42 Å². The van der Waals surface area contributed by atoms with Crippen molar-refractivity contribution in [2.75, 3.05) is 13.1 Å². The SMILES string of the molecule is CCN(CC)S(=O)(=O)c1ccc([C@H](C)NC(=O)[C@@H](C)n2c(=O)oc3ccccc32)cc1. The molecule has 3 rings (SSSR count). The maximum atomic E-state index is 12.8. The Hall–Kier alpha value is -2.91. The van der Waals surface area contributed by atoms with Gasteiger partial charge in [0.25, 0.3) is 0 Å². The van der Waals surface area contributed by atoms with Gasteiger partial charge in [-0.25, -0.2) is 13.2 Å². The third-order valence-electron chi connectivity index (χ3n) is 5.37. The Bertz CT molecular complexity index is 1220. The number of carbonyl (C=O) groups is 1. The van der Waals surface area contributed by atoms with Crippen molar-refractivity contribution in [3.63, 3.8) is 0 Å². The molecule has 1 aromatic heterocycles. The molecule has 0 unspecified atom stereocenters. The lowest BCUT2D eigenvalue weighted by Gasteiger charge is -2.20. The minimum absolute atomic E-state index is 0.211. The molecule has 2 aromatic carbocycles. The molecule has 1 amide bonds. The molecule has 2 atom stereocenters. The summed E-state index contributed by atoms with van der Waals surface area (Å²) < 4.78 is 33.2. The molecule has 0 radical (unpaired) electrons. The minimum atomic E-state index is -3.54. The van der Waals surface area contributed by atoms with Crippen LogP contribution < -0.4 is 11.1 Å². The van der Waals surface area contributed by atoms with Crippen LogP contribution in [0.5, 0.6) is 0 Å². The molecule has 3 aromatic rings. The Balaban J connectivity index is 1.76. The number of nitrogens with one attached hydrogen (secondary N) is 1. The predicted octanol–water partition coefficient (Wildman–Crippen LogP) is 3.06. The Morgan fingerprint density at radius 1 is 1.06 bits per heavy atom. The van der Waals surface area contributed by atoms with Gasteiger partial charge in [0.05, 0.1) is 16.5 Å². The summed E-state index contributed by atoms with van der Waals surface area (Å²) in [7, 11) is -3.54. The van der Waals surface area contributed by atoms with Crippen LogP contribution in [0.3, 0.4) is 0 Å². The molecule has 0 saturated carbocycles. The molecule has 1 heterocycles. The maximum Gasteiger partial charge on any atom is 0.420 e. The van der Waals surface area contributed by atoms with Gasteiger partial charge in [-0.15, -0.1) is 0 Å². The van der Waals surface area contributed by atoms with E-state index < -0.39 is 21.8 Å². The van der Waals surface area contributed by atoms with E-state index in [9.17, 15) is 18.0 Å². The zero-order valence-corrected chi connectivity index (χ0v) is 18.8. The number of amides is 1. The highest BCUT2D eigenvalue weighted by Crippen LogP contribution is 2.21. The van der Waals surface area contributed by atoms with Gasteiger partial charge in [-0.1, -0.05) is 38.1 Å². The first-order valence-electron chi connectivity index (χ1n) is 10.2. The smallest absolute Gasteiger partial charge is 0.408 e. The van der Waals surface area contributed by atoms with Gasteiger partial charge in [-0.2, -0.15) is 4.31 Å². The molecule has 31 heavy (non-hydrogen) atoms. The van der Waals surface area contributed by atoms with E-state index in [1.807, 2.05) is 0 Å². The Labute approximate surface area is 181 Å². The average molecular weight is 446 g/mol. The Kier molecular flexibility index (Phi) is 6.66. The van der Waals surface area contributed by atoms with Crippen LogP contribution in [0.25, 0.3) is 11.1 Å². The number of para-hydroxylation sites is 2. The van der Waals surface area contributed by atoms with Crippen molar-refractivity contribution in [1.29, 1.82) is 0 Å². The summed E-state index contributed by atoms with van der Waals surface area (Å²) >= 11 is 0. The zero-order chi connectivity index (χ0) is 22.8. The summed E-state index contributed by atoms with van der Waals surface area (Å²) in [6, 6.07) is 12.2. The molecule has 8 nitrogen and oxygen atoms in total. The molecule has 0 spiro atoms. The van der Waals surface area contributed by atoms with Crippen LogP contribution >= 0.6 is 0 Å². The quantitative estimate of drug-likeness (QED) is 0.574. The lowest BCUT2D eigenvalue weighted by atomic mass is 10.1. The van der Waals surface area contributed by atoms with Crippen LogP contribution in [0, 0.1) is 0 Å². The fourth-order valence-corrected chi connectivity index (χ4v) is 4.98. The zero-order valence-electron chi connectivity index (χ0n) is 18.0. The standard InChI is InChI=1S/C22H27N3O5S/c1-5-24(6-2)31(28,29)18-13-11-17(12-14-18)15(3)23-21(26)16(4)25-19-9-7-8-10-20(19)30-22(25)27/h7-16H,5-6H2,1-4H3,(H,23,26)/t15-,16+/m0/s1. The van der Waals surface area contributed by atoms with Crippen LogP contribution in [0.2, 0.25) is 0 Å². The van der Waals surface area contributed by atoms with Gasteiger partial charge >= 0.3 is 5.76 Å². The molecule has 0 fully saturated rings. The molecule has 9 heteroatoms. The van der Waals surface area contributed by atoms with Crippen LogP contribution in [-0.4, -0.2) is 36.3 Å². The highest BCUT2D eigenvalue weighted by atomic mass is 32.2. The van der Waals surface area contributed by atoms with E-state index in [-0.39, 0.29) is 16.8 Å². The number of sulfonamides is 1. The summed E-state index contributed by atoms with van der Waals surface area (Å²) in [5.41, 5.74) is 1.72. The van der Waals surface area contributed by atoms with Crippen LogP contribution in [0.1, 0.15) is 45.3 Å². The predicted molar refractivity (Wildman–Crippen MR) is 118 cm³/mol. The molecule has 0 aliphatic carbocycles. The number of benzene rings is 2. The summed E-state index contributed by atoms with van der Waals surface area (Å²) in [6.45, 7) is 7.81. The van der Waals surface area contributed by atoms with Crippen molar-refractivity contribution in [2.45, 2.75) is 44.7 Å². The second-order valence-corrected chi connectivity index (χ2v) is 9.21. The largest absolute Gasteiger partial charge is 0.420 e. The van der Waals surface area contributed by atoms with Crippen LogP contribution in [0.15, 0.2) is 62.6 Å². The summed E-state index contributed by atoms with van der Waals surface area (Å²) in [6.07, 6.45) is 0. The van der Waals surface area contributed by atoms with Gasteiger partial charge in [0.1, 0.15) is 6.04 Å². The van der Waals surface area contributed by atoms with Gasteiger partial charge in [0, 0.05) is 13.1 Å². The minimum Gasteiger partial charge on any atom is -0.408 e. The van der Waals surface area contributed by atoms with E-state index in [2.05, 4.69) is 5.32 Å². The summed E-state index contributed by atoms with van der Waals surface area (Å²) in [5.74, 6) is -0.941. The number of fused-ring (bicyclic) bond motifs is 1. The fraction of sp³-hybridized carbons (Fsp3) is 0.364. The first kappa shape index (κ1) is 22.8. The van der Waals surface area contributed by atoms with E-state index in [0.29, 0.717) is 24.2 Å². The topological polar surface area (TPSA) is 102 Å². The third-order valence-corrected chi connectivity index (χ3v) is 7.43. The number of carbonyl (C=O) groups excluding carboxylic acids is 1. The van der Waals surface area contributed by atoms with Gasteiger partial charge in [-0.3, -0.25) is 9.36 Å². The first-order valence-corrected chi connectivity index (χ1v) is 11.6. The fourth-order valence-electron chi connectivity index (χ4n) is 3.53. The van der Waals surface area contributed by atoms with E-state index >= 15 is 0 Å². The summed E-state index contributed by atoms with van der Waals surface area (Å²) in [5, 5.41) is 2.88. The van der Waals surface area contributed by atoms with Crippen molar-refractivity contribution in [2.24, 2.45) is 0 Å². The monoisotopic (exact) mass is 445 g/mol. The van der Waals surface area contributed by atoms with Gasteiger partial charge in [-0.05, 0) is 43.7 Å². The van der Waals surface area contributed by atoms with Crippen molar-refractivity contribution >= 4 is 27.0 Å². The van der Waals surface area contributed by atoms with Crippen LogP contribution in [-0.2, 0) is 14.8 Å². The second-order valence-electron chi connectivity index (χ2n) is 7.27. The van der Waals surface area contributed by atoms with E-state index in [0.717, 1.165) is 5.56 Å². The molecular weight excluding hydrogens is 418 g/mol. The lowest BCUT2D eigenvalue weighted by molar-refractivity contribution is -0.124. The molecular formula is C22H27N3O5S. The number of aromatic nitrogens is 1. The molecule has 0 bridgehead atoms. The number of nitrogens with zero attached hydrogens (tertiary/aromatic N) is 2. The van der Waals surface area contributed by atoms with Crippen molar-refractivity contribution in [1.82, 2.24) is 14.2 Å². The molecule has 0 saturated heterocycles. The van der Waals surface area contributed by atoms with E-state index in [1.54, 1.807) is 76.2 Å². The molecule has 0 aliphatic heterocycles. The van der Waals surface area contributed by atoms with Gasteiger partial charge < -0.3 is 9.73 Å². The number of rotatable bonds is 8. The number of hydrogen-bond acceptors (Lipinski definition) is 5. The van der Waals surface area contributed by atoms with Crippen molar-refractivity contribution < 1.29 is 17.6 Å². The second kappa shape index (κ2) is 9.07. The third kappa shape index (κ3) is 4.42. The summed E-state index contributed by atoms with van der Waals surface area (Å²) in [4.78, 5) is 25.2. The maximum absolute atomic E-state index is 12.8.